The van der Waals surface area contributed by atoms with Crippen LogP contribution in [0.25, 0.3) is 0 Å². The number of nitrogens with zero attached hydrogens (tertiary/aromatic N) is 2. The summed E-state index contributed by atoms with van der Waals surface area (Å²) in [4.78, 5) is 0. The van der Waals surface area contributed by atoms with Gasteiger partial charge >= 0.3 is 0 Å². The van der Waals surface area contributed by atoms with Gasteiger partial charge in [0.05, 0.1) is 11.7 Å². The molecule has 2 aromatic rings. The third-order valence-corrected chi connectivity index (χ3v) is 3.63. The van der Waals surface area contributed by atoms with Gasteiger partial charge in [-0.1, -0.05) is 22.9 Å². The molecule has 0 aliphatic heterocycles. The van der Waals surface area contributed by atoms with Crippen molar-refractivity contribution in [1.29, 1.82) is 0 Å². The Kier molecular flexibility index (Phi) is 4.37. The monoisotopic (exact) mass is 325 g/mol. The van der Waals surface area contributed by atoms with Gasteiger partial charge in [0.2, 0.25) is 0 Å². The van der Waals surface area contributed by atoms with E-state index < -0.39 is 0 Å². The van der Waals surface area contributed by atoms with Gasteiger partial charge in [0.15, 0.2) is 0 Å². The summed E-state index contributed by atoms with van der Waals surface area (Å²) in [6, 6.07) is 4.80. The van der Waals surface area contributed by atoms with E-state index in [1.807, 2.05) is 26.4 Å². The maximum atomic E-state index is 14.0. The Balaban J connectivity index is 2.52. The van der Waals surface area contributed by atoms with Crippen LogP contribution in [0, 0.1) is 5.82 Å². The Morgan fingerprint density at radius 3 is 2.79 bits per heavy atom. The molecular formula is C14H17BrFN3. The van der Waals surface area contributed by atoms with Crippen LogP contribution >= 0.6 is 15.9 Å². The summed E-state index contributed by atoms with van der Waals surface area (Å²) in [5.74, 6) is -0.214. The first-order chi connectivity index (χ1) is 9.06. The highest BCUT2D eigenvalue weighted by atomic mass is 79.9. The van der Waals surface area contributed by atoms with Gasteiger partial charge in [-0.15, -0.1) is 0 Å². The molecule has 1 atom stereocenters. The van der Waals surface area contributed by atoms with Gasteiger partial charge in [-0.25, -0.2) is 4.39 Å². The van der Waals surface area contributed by atoms with E-state index in [1.54, 1.807) is 10.7 Å². The molecule has 0 saturated heterocycles. The average molecular weight is 326 g/mol. The molecule has 102 valence electrons. The third kappa shape index (κ3) is 2.87. The van der Waals surface area contributed by atoms with Crippen molar-refractivity contribution < 1.29 is 4.39 Å². The third-order valence-electron chi connectivity index (χ3n) is 3.14. The van der Waals surface area contributed by atoms with Gasteiger partial charge in [0.1, 0.15) is 5.82 Å². The Bertz CT molecular complexity index is 580. The number of aryl methyl sites for hydroxylation is 2. The van der Waals surface area contributed by atoms with Crippen LogP contribution in [-0.2, 0) is 13.5 Å². The number of benzene rings is 1. The molecule has 3 nitrogen and oxygen atoms in total. The normalized spacial score (nSPS) is 12.7. The molecule has 0 aliphatic carbocycles. The first kappa shape index (κ1) is 14.2. The van der Waals surface area contributed by atoms with Gasteiger partial charge in [0.25, 0.3) is 0 Å². The summed E-state index contributed by atoms with van der Waals surface area (Å²) in [7, 11) is 3.71. The number of hydrogen-bond acceptors (Lipinski definition) is 2. The fourth-order valence-electron chi connectivity index (χ4n) is 2.28. The summed E-state index contributed by atoms with van der Waals surface area (Å²) in [6.07, 6.45) is 2.77. The van der Waals surface area contributed by atoms with Crippen LogP contribution < -0.4 is 5.32 Å². The van der Waals surface area contributed by atoms with Crippen molar-refractivity contribution in [3.8, 4) is 0 Å². The van der Waals surface area contributed by atoms with Crippen LogP contribution in [0.2, 0.25) is 0 Å². The molecule has 1 aromatic heterocycles. The quantitative estimate of drug-likeness (QED) is 0.935. The number of rotatable bonds is 4. The lowest BCUT2D eigenvalue weighted by molar-refractivity contribution is 0.574. The largest absolute Gasteiger partial charge is 0.309 e. The highest BCUT2D eigenvalue weighted by molar-refractivity contribution is 9.10. The lowest BCUT2D eigenvalue weighted by atomic mass is 9.98. The highest BCUT2D eigenvalue weighted by Gasteiger charge is 2.21. The minimum absolute atomic E-state index is 0.193. The second-order valence-electron chi connectivity index (χ2n) is 4.45. The molecule has 0 aliphatic rings. The van der Waals surface area contributed by atoms with Gasteiger partial charge in [-0.05, 0) is 31.7 Å². The maximum Gasteiger partial charge on any atom is 0.128 e. The van der Waals surface area contributed by atoms with E-state index >= 15 is 0 Å². The molecule has 0 saturated carbocycles. The minimum Gasteiger partial charge on any atom is -0.309 e. The number of aromatic nitrogens is 2. The summed E-state index contributed by atoms with van der Waals surface area (Å²) >= 11 is 3.39. The molecule has 1 aromatic carbocycles. The van der Waals surface area contributed by atoms with E-state index in [4.69, 9.17) is 0 Å². The average Bonchev–Trinajstić information content (AvgIpc) is 2.76. The SMILES string of the molecule is CCc1nn(C)cc1C(NC)c1cc(Br)ccc1F. The molecule has 1 unspecified atom stereocenters. The summed E-state index contributed by atoms with van der Waals surface area (Å²) < 4.78 is 16.7. The fraction of sp³-hybridized carbons (Fsp3) is 0.357. The van der Waals surface area contributed by atoms with Crippen molar-refractivity contribution >= 4 is 15.9 Å². The van der Waals surface area contributed by atoms with Crippen LogP contribution in [0.1, 0.15) is 29.8 Å². The molecule has 0 radical (unpaired) electrons. The second-order valence-corrected chi connectivity index (χ2v) is 5.36. The van der Waals surface area contributed by atoms with Gasteiger partial charge in [-0.2, -0.15) is 5.10 Å². The first-order valence-corrected chi connectivity index (χ1v) is 7.00. The summed E-state index contributed by atoms with van der Waals surface area (Å²) in [5.41, 5.74) is 2.63. The molecule has 1 heterocycles. The zero-order chi connectivity index (χ0) is 14.0. The van der Waals surface area contributed by atoms with Crippen LogP contribution in [0.4, 0.5) is 4.39 Å². The zero-order valence-electron chi connectivity index (χ0n) is 11.2. The number of nitrogens with one attached hydrogen (secondary N) is 1. The topological polar surface area (TPSA) is 29.9 Å². The smallest absolute Gasteiger partial charge is 0.128 e. The van der Waals surface area contributed by atoms with E-state index in [0.717, 1.165) is 22.2 Å². The molecule has 2 rings (SSSR count). The molecule has 0 spiro atoms. The van der Waals surface area contributed by atoms with E-state index in [1.165, 1.54) is 6.07 Å². The summed E-state index contributed by atoms with van der Waals surface area (Å²) in [5, 5.41) is 7.59. The van der Waals surface area contributed by atoms with E-state index in [9.17, 15) is 4.39 Å². The molecule has 5 heteroatoms. The van der Waals surface area contributed by atoms with Gasteiger partial charge < -0.3 is 5.32 Å². The lowest BCUT2D eigenvalue weighted by Gasteiger charge is -2.17. The van der Waals surface area contributed by atoms with Crippen LogP contribution in [-0.4, -0.2) is 16.8 Å². The van der Waals surface area contributed by atoms with Crippen molar-refractivity contribution in [3.05, 3.63) is 51.5 Å². The lowest BCUT2D eigenvalue weighted by Crippen LogP contribution is -2.19. The van der Waals surface area contributed by atoms with Crippen molar-refractivity contribution in [3.63, 3.8) is 0 Å². The van der Waals surface area contributed by atoms with E-state index in [0.29, 0.717) is 5.56 Å². The molecule has 0 amide bonds. The molecular weight excluding hydrogens is 309 g/mol. The molecule has 0 fully saturated rings. The number of halogens is 2. The molecule has 1 N–H and O–H groups in total. The standard InChI is InChI=1S/C14H17BrFN3/c1-4-13-11(8-19(3)18-13)14(17-2)10-7-9(15)5-6-12(10)16/h5-8,14,17H,4H2,1-3H3. The van der Waals surface area contributed by atoms with Gasteiger partial charge in [0, 0.05) is 28.8 Å². The van der Waals surface area contributed by atoms with Crippen molar-refractivity contribution in [2.75, 3.05) is 7.05 Å². The van der Waals surface area contributed by atoms with Crippen LogP contribution in [0.15, 0.2) is 28.9 Å². The Morgan fingerprint density at radius 2 is 2.16 bits per heavy atom. The van der Waals surface area contributed by atoms with Crippen molar-refractivity contribution in [2.45, 2.75) is 19.4 Å². The predicted octanol–water partition coefficient (Wildman–Crippen LogP) is 3.19. The Labute approximate surface area is 121 Å². The fourth-order valence-corrected chi connectivity index (χ4v) is 2.66. The first-order valence-electron chi connectivity index (χ1n) is 6.21. The van der Waals surface area contributed by atoms with Crippen LogP contribution in [0.5, 0.6) is 0 Å². The molecule has 0 bridgehead atoms. The zero-order valence-corrected chi connectivity index (χ0v) is 12.8. The number of hydrogen-bond donors (Lipinski definition) is 1. The Hall–Kier alpha value is -1.20. The van der Waals surface area contributed by atoms with E-state index in [-0.39, 0.29) is 11.9 Å². The predicted molar refractivity (Wildman–Crippen MR) is 77.6 cm³/mol. The van der Waals surface area contributed by atoms with Crippen LogP contribution in [0.3, 0.4) is 0 Å². The van der Waals surface area contributed by atoms with E-state index in [2.05, 4.69) is 33.3 Å². The van der Waals surface area contributed by atoms with Crippen molar-refractivity contribution in [1.82, 2.24) is 15.1 Å². The minimum atomic E-state index is -0.214. The van der Waals surface area contributed by atoms with Gasteiger partial charge in [-0.3, -0.25) is 4.68 Å². The highest BCUT2D eigenvalue weighted by Crippen LogP contribution is 2.28. The Morgan fingerprint density at radius 1 is 1.42 bits per heavy atom. The van der Waals surface area contributed by atoms with Crippen molar-refractivity contribution in [2.24, 2.45) is 7.05 Å². The molecule has 19 heavy (non-hydrogen) atoms. The second kappa shape index (κ2) is 5.84. The summed E-state index contributed by atoms with van der Waals surface area (Å²) in [6.45, 7) is 2.05. The maximum absolute atomic E-state index is 14.0.